The van der Waals surface area contributed by atoms with Crippen LogP contribution in [0.4, 0.5) is 4.79 Å². The maximum atomic E-state index is 13.4. The minimum Gasteiger partial charge on any atom is -0.464 e. The minimum absolute atomic E-state index is 0.0563. The van der Waals surface area contributed by atoms with Gasteiger partial charge in [-0.25, -0.2) is 4.79 Å². The van der Waals surface area contributed by atoms with Gasteiger partial charge in [-0.15, -0.1) is 0 Å². The summed E-state index contributed by atoms with van der Waals surface area (Å²) < 4.78 is 22.0. The molecule has 10 heteroatoms. The molecule has 2 aliphatic rings. The molecular weight excluding hydrogens is 546 g/mol. The Kier molecular flexibility index (Phi) is 7.97. The number of hydrogen-bond donors (Lipinski definition) is 0. The summed E-state index contributed by atoms with van der Waals surface area (Å²) in [4.78, 5) is 49.8. The molecule has 3 atom stereocenters. The zero-order valence-corrected chi connectivity index (χ0v) is 22.1. The van der Waals surface area contributed by atoms with E-state index in [2.05, 4.69) is 15.9 Å². The van der Waals surface area contributed by atoms with Crippen molar-refractivity contribution in [2.45, 2.75) is 44.9 Å². The maximum absolute atomic E-state index is 13.4. The highest BCUT2D eigenvalue weighted by molar-refractivity contribution is 9.11. The molecule has 0 unspecified atom stereocenters. The van der Waals surface area contributed by atoms with E-state index < -0.39 is 42.3 Å². The molecule has 2 aromatic carbocycles. The highest BCUT2D eigenvalue weighted by Crippen LogP contribution is 2.44. The number of benzene rings is 2. The van der Waals surface area contributed by atoms with Gasteiger partial charge in [0.25, 0.3) is 0 Å². The number of esters is 3. The van der Waals surface area contributed by atoms with Crippen molar-refractivity contribution in [1.82, 2.24) is 4.90 Å². The summed E-state index contributed by atoms with van der Waals surface area (Å²) in [6.07, 6.45) is -1.55. The summed E-state index contributed by atoms with van der Waals surface area (Å²) in [6.45, 7) is 3.37. The van der Waals surface area contributed by atoms with Gasteiger partial charge in [0.2, 0.25) is 0 Å². The molecule has 1 aliphatic heterocycles. The Bertz CT molecular complexity index is 1210. The molecule has 0 aromatic heterocycles. The van der Waals surface area contributed by atoms with E-state index in [4.69, 9.17) is 18.9 Å². The first kappa shape index (κ1) is 26.4. The molecule has 4 rings (SSSR count). The van der Waals surface area contributed by atoms with Crippen LogP contribution in [0.3, 0.4) is 0 Å². The van der Waals surface area contributed by atoms with E-state index in [0.29, 0.717) is 0 Å². The third-order valence-corrected chi connectivity index (χ3v) is 6.82. The van der Waals surface area contributed by atoms with Gasteiger partial charge in [0.05, 0.1) is 4.48 Å². The molecule has 1 amide bonds. The van der Waals surface area contributed by atoms with Crippen LogP contribution in [0.5, 0.6) is 0 Å². The lowest BCUT2D eigenvalue weighted by molar-refractivity contribution is -0.170. The fraction of sp³-hybridized carbons (Fsp3) is 0.333. The Morgan fingerprint density at radius 3 is 1.89 bits per heavy atom. The summed E-state index contributed by atoms with van der Waals surface area (Å²) >= 11 is 3.33. The van der Waals surface area contributed by atoms with Gasteiger partial charge >= 0.3 is 24.0 Å². The standard InChI is InChI=1S/C27H26BrNO8/c1-15(30)34-14-24-26(37-17(3)32)25(36-16(2)31)23(28)12-29(24)27(33)35-13-22-20-10-6-4-8-18(20)19-9-5-7-11-21(19)22/h4-12,22,24-26H,13-14H2,1-3H3/t24-,25-,26-/m1/s1. The van der Waals surface area contributed by atoms with Crippen LogP contribution < -0.4 is 0 Å². The number of nitrogens with zero attached hydrogens (tertiary/aromatic N) is 1. The molecule has 0 bridgehead atoms. The van der Waals surface area contributed by atoms with Crippen LogP contribution in [0.15, 0.2) is 59.2 Å². The largest absolute Gasteiger partial charge is 0.464 e. The van der Waals surface area contributed by atoms with E-state index >= 15 is 0 Å². The number of hydrogen-bond acceptors (Lipinski definition) is 8. The Morgan fingerprint density at radius 2 is 1.35 bits per heavy atom. The molecule has 1 heterocycles. The highest BCUT2D eigenvalue weighted by Gasteiger charge is 2.46. The highest BCUT2D eigenvalue weighted by atomic mass is 79.9. The summed E-state index contributed by atoms with van der Waals surface area (Å²) in [5, 5.41) is 0. The quantitative estimate of drug-likeness (QED) is 0.373. The number of fused-ring (bicyclic) bond motifs is 3. The van der Waals surface area contributed by atoms with E-state index in [1.807, 2.05) is 48.5 Å². The molecule has 1 aliphatic carbocycles. The third-order valence-electron chi connectivity index (χ3n) is 6.17. The predicted octanol–water partition coefficient (Wildman–Crippen LogP) is 4.28. The van der Waals surface area contributed by atoms with Crippen LogP contribution in [0, 0.1) is 0 Å². The summed E-state index contributed by atoms with van der Waals surface area (Å²) in [6, 6.07) is 14.9. The van der Waals surface area contributed by atoms with Crippen molar-refractivity contribution in [2.75, 3.05) is 13.2 Å². The Morgan fingerprint density at radius 1 is 0.784 bits per heavy atom. The lowest BCUT2D eigenvalue weighted by Crippen LogP contribution is -2.57. The normalized spacial score (nSPS) is 20.3. The van der Waals surface area contributed by atoms with Gasteiger partial charge < -0.3 is 18.9 Å². The molecule has 0 fully saturated rings. The van der Waals surface area contributed by atoms with Crippen LogP contribution in [0.2, 0.25) is 0 Å². The van der Waals surface area contributed by atoms with Gasteiger partial charge in [0.15, 0.2) is 12.2 Å². The fourth-order valence-electron chi connectivity index (χ4n) is 4.69. The van der Waals surface area contributed by atoms with Crippen molar-refractivity contribution < 1.29 is 38.1 Å². The zero-order chi connectivity index (χ0) is 26.7. The summed E-state index contributed by atoms with van der Waals surface area (Å²) in [7, 11) is 0. The summed E-state index contributed by atoms with van der Waals surface area (Å²) in [5.41, 5.74) is 4.28. The molecule has 0 N–H and O–H groups in total. The second kappa shape index (κ2) is 11.2. The van der Waals surface area contributed by atoms with E-state index in [9.17, 15) is 19.2 Å². The number of carbonyl (C=O) groups is 4. The molecule has 9 nitrogen and oxygen atoms in total. The molecule has 0 spiro atoms. The zero-order valence-electron chi connectivity index (χ0n) is 20.5. The first-order chi connectivity index (χ1) is 17.7. The second-order valence-corrected chi connectivity index (χ2v) is 9.61. The molecule has 194 valence electrons. The Hall–Kier alpha value is -3.66. The average Bonchev–Trinajstić information content (AvgIpc) is 3.17. The van der Waals surface area contributed by atoms with Crippen LogP contribution in [0.1, 0.15) is 37.8 Å². The number of ether oxygens (including phenoxy) is 4. The van der Waals surface area contributed by atoms with Gasteiger partial charge in [0.1, 0.15) is 19.3 Å². The van der Waals surface area contributed by atoms with E-state index in [1.165, 1.54) is 31.9 Å². The van der Waals surface area contributed by atoms with Gasteiger partial charge in [-0.1, -0.05) is 48.5 Å². The predicted molar refractivity (Wildman–Crippen MR) is 135 cm³/mol. The van der Waals surface area contributed by atoms with Crippen molar-refractivity contribution in [2.24, 2.45) is 0 Å². The first-order valence-electron chi connectivity index (χ1n) is 11.7. The molecular formula is C27H26BrNO8. The van der Waals surface area contributed by atoms with E-state index in [1.54, 1.807) is 0 Å². The Labute approximate surface area is 222 Å². The van der Waals surface area contributed by atoms with Gasteiger partial charge in [-0.3, -0.25) is 19.3 Å². The molecule has 0 saturated carbocycles. The topological polar surface area (TPSA) is 108 Å². The third kappa shape index (κ3) is 5.69. The number of rotatable bonds is 6. The average molecular weight is 572 g/mol. The van der Waals surface area contributed by atoms with Crippen LogP contribution in [0.25, 0.3) is 11.1 Å². The molecule has 2 aromatic rings. The Balaban J connectivity index is 1.61. The SMILES string of the molecule is CC(=O)OC[C@@H]1[C@@H](OC(C)=O)[C@H](OC(C)=O)C(Br)=CN1C(=O)OCC1c2ccccc2-c2ccccc21. The number of amides is 1. The van der Waals surface area contributed by atoms with Crippen molar-refractivity contribution >= 4 is 39.9 Å². The van der Waals surface area contributed by atoms with Crippen molar-refractivity contribution in [3.63, 3.8) is 0 Å². The molecule has 37 heavy (non-hydrogen) atoms. The lowest BCUT2D eigenvalue weighted by atomic mass is 9.98. The lowest BCUT2D eigenvalue weighted by Gasteiger charge is -2.40. The van der Waals surface area contributed by atoms with Crippen molar-refractivity contribution in [3.8, 4) is 11.1 Å². The monoisotopic (exact) mass is 571 g/mol. The first-order valence-corrected chi connectivity index (χ1v) is 12.4. The van der Waals surface area contributed by atoms with Crippen LogP contribution in [-0.2, 0) is 33.3 Å². The minimum atomic E-state index is -1.15. The van der Waals surface area contributed by atoms with Gasteiger partial charge in [0, 0.05) is 32.9 Å². The van der Waals surface area contributed by atoms with Crippen molar-refractivity contribution in [1.29, 1.82) is 0 Å². The van der Waals surface area contributed by atoms with Crippen LogP contribution >= 0.6 is 15.9 Å². The number of halogens is 1. The molecule has 0 saturated heterocycles. The number of carbonyl (C=O) groups excluding carboxylic acids is 4. The van der Waals surface area contributed by atoms with Gasteiger partial charge in [-0.2, -0.15) is 0 Å². The van der Waals surface area contributed by atoms with E-state index in [-0.39, 0.29) is 23.6 Å². The maximum Gasteiger partial charge on any atom is 0.414 e. The van der Waals surface area contributed by atoms with Crippen molar-refractivity contribution in [3.05, 3.63) is 70.3 Å². The van der Waals surface area contributed by atoms with Gasteiger partial charge in [-0.05, 0) is 38.2 Å². The van der Waals surface area contributed by atoms with E-state index in [0.717, 1.165) is 22.3 Å². The van der Waals surface area contributed by atoms with Crippen LogP contribution in [-0.4, -0.2) is 60.4 Å². The second-order valence-electron chi connectivity index (χ2n) is 8.70. The fourth-order valence-corrected chi connectivity index (χ4v) is 5.26. The summed E-state index contributed by atoms with van der Waals surface area (Å²) in [5.74, 6) is -2.04. The molecule has 0 radical (unpaired) electrons. The smallest absolute Gasteiger partial charge is 0.414 e.